The predicted octanol–water partition coefficient (Wildman–Crippen LogP) is 2.35. The highest BCUT2D eigenvalue weighted by Crippen LogP contribution is 2.11. The average molecular weight is 376 g/mol. The van der Waals surface area contributed by atoms with Gasteiger partial charge in [-0.15, -0.1) is 0 Å². The van der Waals surface area contributed by atoms with Crippen LogP contribution in [0, 0.1) is 0 Å². The smallest absolute Gasteiger partial charge is 0.253 e. The van der Waals surface area contributed by atoms with Gasteiger partial charge >= 0.3 is 0 Å². The van der Waals surface area contributed by atoms with Gasteiger partial charge in [0.25, 0.3) is 11.8 Å². The van der Waals surface area contributed by atoms with Gasteiger partial charge in [-0.1, -0.05) is 18.2 Å². The first-order valence-corrected chi connectivity index (χ1v) is 8.70. The van der Waals surface area contributed by atoms with Crippen LogP contribution in [-0.2, 0) is 13.1 Å². The maximum Gasteiger partial charge on any atom is 0.253 e. The highest BCUT2D eigenvalue weighted by Gasteiger charge is 2.11. The number of methoxy groups -OCH3 is 1. The Hall–Kier alpha value is -3.74. The Morgan fingerprint density at radius 2 is 1.61 bits per heavy atom. The number of nitrogens with one attached hydrogen (secondary N) is 2. The fourth-order valence-electron chi connectivity index (χ4n) is 2.49. The number of ether oxygens (including phenoxy) is 1. The molecule has 0 fully saturated rings. The number of hydrogen-bond donors (Lipinski definition) is 2. The van der Waals surface area contributed by atoms with E-state index in [1.165, 1.54) is 18.5 Å². The van der Waals surface area contributed by atoms with E-state index in [2.05, 4.69) is 20.6 Å². The molecule has 0 radical (unpaired) electrons. The van der Waals surface area contributed by atoms with Crippen LogP contribution in [0.15, 0.2) is 67.1 Å². The maximum atomic E-state index is 12.4. The van der Waals surface area contributed by atoms with Crippen LogP contribution in [0.3, 0.4) is 0 Å². The molecule has 3 aromatic rings. The summed E-state index contributed by atoms with van der Waals surface area (Å²) in [5.41, 5.74) is 2.32. The number of rotatable bonds is 7. The molecule has 0 spiro atoms. The topological polar surface area (TPSA) is 93.2 Å². The number of carbonyl (C=O) groups is 2. The Morgan fingerprint density at radius 3 is 2.21 bits per heavy atom. The lowest BCUT2D eigenvalue weighted by atomic mass is 10.1. The molecule has 0 saturated heterocycles. The molecule has 7 heteroatoms. The minimum Gasteiger partial charge on any atom is -0.497 e. The van der Waals surface area contributed by atoms with Crippen molar-refractivity contribution in [3.05, 3.63) is 89.5 Å². The third-order valence-electron chi connectivity index (χ3n) is 4.03. The number of benzene rings is 1. The second-order valence-corrected chi connectivity index (χ2v) is 6.00. The number of carbonyl (C=O) groups excluding carboxylic acids is 2. The van der Waals surface area contributed by atoms with Crippen molar-refractivity contribution in [2.75, 3.05) is 7.11 Å². The van der Waals surface area contributed by atoms with Crippen LogP contribution < -0.4 is 15.4 Å². The van der Waals surface area contributed by atoms with Gasteiger partial charge in [-0.05, 0) is 35.9 Å². The van der Waals surface area contributed by atoms with Crippen LogP contribution >= 0.6 is 0 Å². The molecular formula is C21H20N4O3. The minimum absolute atomic E-state index is 0.299. The molecule has 0 aliphatic carbocycles. The van der Waals surface area contributed by atoms with Crippen LogP contribution in [0.5, 0.6) is 5.75 Å². The first kappa shape index (κ1) is 19.0. The number of aromatic nitrogens is 2. The lowest BCUT2D eigenvalue weighted by molar-refractivity contribution is 0.0950. The summed E-state index contributed by atoms with van der Waals surface area (Å²) in [6.45, 7) is 0.659. The summed E-state index contributed by atoms with van der Waals surface area (Å²) in [6.07, 6.45) is 4.52. The van der Waals surface area contributed by atoms with Gasteiger partial charge in [-0.25, -0.2) is 0 Å². The maximum absolute atomic E-state index is 12.4. The lowest BCUT2D eigenvalue weighted by Crippen LogP contribution is -2.26. The van der Waals surface area contributed by atoms with Crippen molar-refractivity contribution >= 4 is 11.8 Å². The molecule has 3 rings (SSSR count). The molecule has 142 valence electrons. The molecule has 0 unspecified atom stereocenters. The number of hydrogen-bond acceptors (Lipinski definition) is 5. The summed E-state index contributed by atoms with van der Waals surface area (Å²) in [5.74, 6) is 0.134. The van der Waals surface area contributed by atoms with Crippen molar-refractivity contribution in [3.63, 3.8) is 0 Å². The normalized spacial score (nSPS) is 10.2. The van der Waals surface area contributed by atoms with Gasteiger partial charge in [0, 0.05) is 25.1 Å². The molecule has 2 aromatic heterocycles. The molecule has 0 saturated carbocycles. The van der Waals surface area contributed by atoms with Crippen molar-refractivity contribution in [1.29, 1.82) is 0 Å². The second-order valence-electron chi connectivity index (χ2n) is 6.00. The van der Waals surface area contributed by atoms with E-state index in [1.54, 1.807) is 13.3 Å². The van der Waals surface area contributed by atoms with Crippen LogP contribution in [0.25, 0.3) is 0 Å². The Bertz CT molecular complexity index is 943. The predicted molar refractivity (Wildman–Crippen MR) is 104 cm³/mol. The van der Waals surface area contributed by atoms with Gasteiger partial charge in [0.1, 0.15) is 5.75 Å². The highest BCUT2D eigenvalue weighted by molar-refractivity contribution is 5.99. The molecule has 2 N–H and O–H groups in total. The van der Waals surface area contributed by atoms with Gasteiger partial charge in [-0.2, -0.15) is 0 Å². The van der Waals surface area contributed by atoms with Crippen molar-refractivity contribution in [1.82, 2.24) is 20.6 Å². The molecular weight excluding hydrogens is 356 g/mol. The van der Waals surface area contributed by atoms with Gasteiger partial charge in [0.2, 0.25) is 0 Å². The average Bonchev–Trinajstić information content (AvgIpc) is 2.77. The SMILES string of the molecule is COc1ccc(CNC(=O)c2cncc(C(=O)NCc3ccccn3)c2)cc1. The molecule has 28 heavy (non-hydrogen) atoms. The van der Waals surface area contributed by atoms with E-state index in [1.807, 2.05) is 42.5 Å². The third kappa shape index (κ3) is 5.14. The number of pyridine rings is 2. The van der Waals surface area contributed by atoms with Crippen LogP contribution in [0.1, 0.15) is 32.0 Å². The molecule has 0 bridgehead atoms. The molecule has 7 nitrogen and oxygen atoms in total. The fraction of sp³-hybridized carbons (Fsp3) is 0.143. The van der Waals surface area contributed by atoms with Gasteiger partial charge in [0.05, 0.1) is 30.5 Å². The van der Waals surface area contributed by atoms with Gasteiger partial charge in [-0.3, -0.25) is 19.6 Å². The summed E-state index contributed by atoms with van der Waals surface area (Å²) < 4.78 is 5.11. The number of nitrogens with zero attached hydrogens (tertiary/aromatic N) is 2. The largest absolute Gasteiger partial charge is 0.497 e. The van der Waals surface area contributed by atoms with E-state index in [0.717, 1.165) is 17.0 Å². The number of amides is 2. The quantitative estimate of drug-likeness (QED) is 0.660. The molecule has 1 aromatic carbocycles. The third-order valence-corrected chi connectivity index (χ3v) is 4.03. The second kappa shape index (κ2) is 9.27. The van der Waals surface area contributed by atoms with Crippen molar-refractivity contribution in [3.8, 4) is 5.75 Å². The van der Waals surface area contributed by atoms with Crippen molar-refractivity contribution < 1.29 is 14.3 Å². The summed E-state index contributed by atoms with van der Waals surface area (Å²) in [6, 6.07) is 14.4. The van der Waals surface area contributed by atoms with E-state index in [-0.39, 0.29) is 11.8 Å². The molecule has 0 aliphatic rings. The van der Waals surface area contributed by atoms with Crippen LogP contribution in [0.2, 0.25) is 0 Å². The Labute approximate surface area is 162 Å². The van der Waals surface area contributed by atoms with Crippen molar-refractivity contribution in [2.24, 2.45) is 0 Å². The van der Waals surface area contributed by atoms with Crippen LogP contribution in [-0.4, -0.2) is 28.9 Å². The summed E-state index contributed by atoms with van der Waals surface area (Å²) in [7, 11) is 1.60. The Balaban J connectivity index is 1.58. The first-order valence-electron chi connectivity index (χ1n) is 8.70. The molecule has 0 aliphatic heterocycles. The zero-order valence-corrected chi connectivity index (χ0v) is 15.4. The van der Waals surface area contributed by atoms with E-state index in [0.29, 0.717) is 24.2 Å². The van der Waals surface area contributed by atoms with E-state index in [4.69, 9.17) is 4.74 Å². The van der Waals surface area contributed by atoms with Gasteiger partial charge in [0.15, 0.2) is 0 Å². The lowest BCUT2D eigenvalue weighted by Gasteiger charge is -2.08. The molecule has 0 atom stereocenters. The van der Waals surface area contributed by atoms with E-state index >= 15 is 0 Å². The van der Waals surface area contributed by atoms with Crippen molar-refractivity contribution in [2.45, 2.75) is 13.1 Å². The first-order chi connectivity index (χ1) is 13.7. The van der Waals surface area contributed by atoms with E-state index < -0.39 is 0 Å². The Kier molecular flexibility index (Phi) is 6.30. The zero-order chi connectivity index (χ0) is 19.8. The molecule has 2 amide bonds. The van der Waals surface area contributed by atoms with Crippen LogP contribution in [0.4, 0.5) is 0 Å². The summed E-state index contributed by atoms with van der Waals surface area (Å²) in [4.78, 5) is 32.8. The monoisotopic (exact) mass is 376 g/mol. The highest BCUT2D eigenvalue weighted by atomic mass is 16.5. The van der Waals surface area contributed by atoms with Gasteiger partial charge < -0.3 is 15.4 Å². The Morgan fingerprint density at radius 1 is 0.929 bits per heavy atom. The summed E-state index contributed by atoms with van der Waals surface area (Å²) in [5, 5.41) is 5.58. The standard InChI is InChI=1S/C21H20N4O3/c1-28-19-7-5-15(6-8-19)11-24-20(26)16-10-17(13-22-12-16)21(27)25-14-18-4-2-3-9-23-18/h2-10,12-13H,11,14H2,1H3,(H,24,26)(H,25,27). The summed E-state index contributed by atoms with van der Waals surface area (Å²) >= 11 is 0. The van der Waals surface area contributed by atoms with E-state index in [9.17, 15) is 9.59 Å². The minimum atomic E-state index is -0.317. The zero-order valence-electron chi connectivity index (χ0n) is 15.4. The molecule has 2 heterocycles. The fourth-order valence-corrected chi connectivity index (χ4v) is 2.49.